The molecule has 10 heteroatoms. The maximum absolute atomic E-state index is 13.3. The third-order valence-corrected chi connectivity index (χ3v) is 9.61. The van der Waals surface area contributed by atoms with Crippen LogP contribution >= 0.6 is 23.2 Å². The van der Waals surface area contributed by atoms with Crippen molar-refractivity contribution in [1.29, 1.82) is 0 Å². The number of hydrogen-bond acceptors (Lipinski definition) is 5. The molecule has 5 rings (SSSR count). The molecule has 7 nitrogen and oxygen atoms in total. The van der Waals surface area contributed by atoms with E-state index in [-0.39, 0.29) is 33.3 Å². The summed E-state index contributed by atoms with van der Waals surface area (Å²) in [5.41, 5.74) is 2.82. The number of piperidine rings is 1. The van der Waals surface area contributed by atoms with Crippen LogP contribution in [0, 0.1) is 0 Å². The summed E-state index contributed by atoms with van der Waals surface area (Å²) in [4.78, 5) is 15.8. The van der Waals surface area contributed by atoms with E-state index in [9.17, 15) is 13.2 Å². The Morgan fingerprint density at radius 1 is 0.975 bits per heavy atom. The van der Waals surface area contributed by atoms with Crippen molar-refractivity contribution in [2.45, 2.75) is 55.6 Å². The average molecular weight is 603 g/mol. The van der Waals surface area contributed by atoms with E-state index in [4.69, 9.17) is 27.9 Å². The molecule has 2 atom stereocenters. The van der Waals surface area contributed by atoms with Gasteiger partial charge < -0.3 is 10.1 Å². The molecule has 0 unspecified atom stereocenters. The van der Waals surface area contributed by atoms with Crippen molar-refractivity contribution >= 4 is 39.1 Å². The molecule has 1 saturated heterocycles. The van der Waals surface area contributed by atoms with Crippen molar-refractivity contribution in [2.24, 2.45) is 0 Å². The van der Waals surface area contributed by atoms with Gasteiger partial charge in [0.1, 0.15) is 5.75 Å². The van der Waals surface area contributed by atoms with Crippen LogP contribution in [0.1, 0.15) is 60.9 Å². The molecule has 40 heavy (non-hydrogen) atoms. The highest BCUT2D eigenvalue weighted by molar-refractivity contribution is 7.89. The van der Waals surface area contributed by atoms with E-state index in [0.29, 0.717) is 18.6 Å². The number of carbonyl (C=O) groups is 1. The second-order valence-electron chi connectivity index (χ2n) is 10.3. The van der Waals surface area contributed by atoms with E-state index in [2.05, 4.69) is 27.1 Å². The molecule has 2 heterocycles. The molecule has 3 aromatic carbocycles. The van der Waals surface area contributed by atoms with Gasteiger partial charge in [-0.1, -0.05) is 72.1 Å². The van der Waals surface area contributed by atoms with Crippen LogP contribution in [0.4, 0.5) is 0 Å². The molecule has 2 N–H and O–H groups in total. The van der Waals surface area contributed by atoms with Gasteiger partial charge in [0.05, 0.1) is 33.6 Å². The Bertz CT molecular complexity index is 1450. The van der Waals surface area contributed by atoms with Gasteiger partial charge in [-0.05, 0) is 61.3 Å². The zero-order valence-electron chi connectivity index (χ0n) is 22.1. The largest absolute Gasteiger partial charge is 0.493 e. The average Bonchev–Trinajstić information content (AvgIpc) is 2.95. The highest BCUT2D eigenvalue weighted by Crippen LogP contribution is 2.34. The zero-order valence-corrected chi connectivity index (χ0v) is 24.4. The van der Waals surface area contributed by atoms with Crippen LogP contribution in [0.3, 0.4) is 0 Å². The molecular weight excluding hydrogens is 569 g/mol. The Balaban J connectivity index is 1.29. The summed E-state index contributed by atoms with van der Waals surface area (Å²) < 4.78 is 35.1. The smallest absolute Gasteiger partial charge is 0.241 e. The second kappa shape index (κ2) is 12.9. The first-order chi connectivity index (χ1) is 19.3. The summed E-state index contributed by atoms with van der Waals surface area (Å²) in [7, 11) is -3.99. The number of nitrogens with zero attached hydrogens (tertiary/aromatic N) is 1. The molecule has 0 bridgehead atoms. The van der Waals surface area contributed by atoms with Crippen LogP contribution in [-0.4, -0.2) is 38.9 Å². The summed E-state index contributed by atoms with van der Waals surface area (Å²) in [5, 5.41) is 3.51. The molecule has 0 radical (unpaired) electrons. The topological polar surface area (TPSA) is 87.7 Å². The lowest BCUT2D eigenvalue weighted by Crippen LogP contribution is -2.36. The predicted molar refractivity (Wildman–Crippen MR) is 157 cm³/mol. The fourth-order valence-corrected chi connectivity index (χ4v) is 6.92. The highest BCUT2D eigenvalue weighted by Gasteiger charge is 2.28. The van der Waals surface area contributed by atoms with Crippen molar-refractivity contribution in [3.05, 3.63) is 93.5 Å². The van der Waals surface area contributed by atoms with Crippen molar-refractivity contribution in [3.63, 3.8) is 0 Å². The van der Waals surface area contributed by atoms with Gasteiger partial charge in [0, 0.05) is 24.9 Å². The number of fused-ring (bicyclic) bond motifs is 1. The maximum Gasteiger partial charge on any atom is 0.241 e. The van der Waals surface area contributed by atoms with Gasteiger partial charge in [-0.3, -0.25) is 9.69 Å². The number of carbonyl (C=O) groups excluding carboxylic acids is 1. The van der Waals surface area contributed by atoms with Gasteiger partial charge in [-0.2, -0.15) is 0 Å². The first kappa shape index (κ1) is 28.9. The van der Waals surface area contributed by atoms with E-state index in [0.717, 1.165) is 30.9 Å². The van der Waals surface area contributed by atoms with Gasteiger partial charge in [-0.25, -0.2) is 13.1 Å². The number of halogens is 2. The number of amides is 1. The summed E-state index contributed by atoms with van der Waals surface area (Å²) in [6, 6.07) is 18.4. The van der Waals surface area contributed by atoms with E-state index in [1.807, 2.05) is 24.3 Å². The molecule has 3 aromatic rings. The molecule has 2 aliphatic rings. The van der Waals surface area contributed by atoms with Crippen molar-refractivity contribution in [3.8, 4) is 5.75 Å². The Kier molecular flexibility index (Phi) is 9.33. The molecule has 0 aliphatic carbocycles. The molecule has 0 saturated carbocycles. The number of ether oxygens (including phenoxy) is 1. The zero-order chi connectivity index (χ0) is 28.1. The minimum Gasteiger partial charge on any atom is -0.493 e. The van der Waals surface area contributed by atoms with Crippen molar-refractivity contribution in [1.82, 2.24) is 14.9 Å². The summed E-state index contributed by atoms with van der Waals surface area (Å²) in [5.74, 6) is 0.534. The lowest BCUT2D eigenvalue weighted by molar-refractivity contribution is -0.122. The van der Waals surface area contributed by atoms with E-state index < -0.39 is 16.1 Å². The van der Waals surface area contributed by atoms with Gasteiger partial charge in [-0.15, -0.1) is 0 Å². The van der Waals surface area contributed by atoms with Gasteiger partial charge >= 0.3 is 0 Å². The Morgan fingerprint density at radius 3 is 2.50 bits per heavy atom. The standard InChI is InChI=1S/C30H33Cl2N3O4S/c31-25-12-10-23(18-26(25)32)40(37,38)34-28(22-7-3-1-4-8-22)19-30(36)33-27-13-16-39-29-17-21(9-11-24(27)29)20-35-14-5-2-6-15-35/h1,3-4,7-12,17-18,27-28,34H,2,5-6,13-16,19-20H2,(H,33,36)/t27-,28-/m1/s1. The minimum atomic E-state index is -3.99. The van der Waals surface area contributed by atoms with E-state index in [1.54, 1.807) is 12.1 Å². The van der Waals surface area contributed by atoms with Gasteiger partial charge in [0.25, 0.3) is 0 Å². The number of nitrogens with one attached hydrogen (secondary N) is 2. The van der Waals surface area contributed by atoms with Crippen LogP contribution in [0.2, 0.25) is 10.0 Å². The molecule has 1 fully saturated rings. The predicted octanol–water partition coefficient (Wildman–Crippen LogP) is 6.03. The summed E-state index contributed by atoms with van der Waals surface area (Å²) in [6.07, 6.45) is 4.33. The lowest BCUT2D eigenvalue weighted by atomic mass is 9.97. The van der Waals surface area contributed by atoms with E-state index >= 15 is 0 Å². The van der Waals surface area contributed by atoms with Crippen LogP contribution in [0.25, 0.3) is 0 Å². The Morgan fingerprint density at radius 2 is 1.75 bits per heavy atom. The first-order valence-electron chi connectivity index (χ1n) is 13.6. The van der Waals surface area contributed by atoms with Crippen LogP contribution in [-0.2, 0) is 21.4 Å². The van der Waals surface area contributed by atoms with Crippen molar-refractivity contribution < 1.29 is 17.9 Å². The third-order valence-electron chi connectivity index (χ3n) is 7.40. The first-order valence-corrected chi connectivity index (χ1v) is 15.8. The van der Waals surface area contributed by atoms with E-state index in [1.165, 1.54) is 43.0 Å². The molecule has 0 aromatic heterocycles. The van der Waals surface area contributed by atoms with Gasteiger partial charge in [0.15, 0.2) is 0 Å². The summed E-state index contributed by atoms with van der Waals surface area (Å²) in [6.45, 7) is 3.63. The number of likely N-dealkylation sites (tertiary alicyclic amines) is 1. The molecular formula is C30H33Cl2N3O4S. The van der Waals surface area contributed by atoms with Gasteiger partial charge in [0.2, 0.25) is 15.9 Å². The number of hydrogen-bond donors (Lipinski definition) is 2. The summed E-state index contributed by atoms with van der Waals surface area (Å²) >= 11 is 12.0. The number of rotatable bonds is 9. The number of benzene rings is 3. The lowest BCUT2D eigenvalue weighted by Gasteiger charge is -2.29. The third kappa shape index (κ3) is 7.17. The maximum atomic E-state index is 13.3. The number of sulfonamides is 1. The molecule has 1 amide bonds. The molecule has 0 spiro atoms. The fourth-order valence-electron chi connectivity index (χ4n) is 5.31. The SMILES string of the molecule is O=C(C[C@@H](NS(=O)(=O)c1ccc(Cl)c(Cl)c1)c1ccccc1)N[C@@H]1CCOc2cc(CN3CCCCC3)ccc21. The van der Waals surface area contributed by atoms with Crippen LogP contribution < -0.4 is 14.8 Å². The van der Waals surface area contributed by atoms with Crippen molar-refractivity contribution in [2.75, 3.05) is 19.7 Å². The normalized spacial score (nSPS) is 18.4. The van der Waals surface area contributed by atoms with Crippen LogP contribution in [0.15, 0.2) is 71.6 Å². The molecule has 212 valence electrons. The highest BCUT2D eigenvalue weighted by atomic mass is 35.5. The molecule has 2 aliphatic heterocycles. The fraction of sp³-hybridized carbons (Fsp3) is 0.367. The quantitative estimate of drug-likeness (QED) is 0.313. The monoisotopic (exact) mass is 601 g/mol. The van der Waals surface area contributed by atoms with Crippen LogP contribution in [0.5, 0.6) is 5.75 Å². The Labute approximate surface area is 245 Å². The Hall–Kier alpha value is -2.62. The second-order valence-corrected chi connectivity index (χ2v) is 12.9. The minimum absolute atomic E-state index is 0.0260.